The highest BCUT2D eigenvalue weighted by Crippen LogP contribution is 2.26. The second-order valence-electron chi connectivity index (χ2n) is 6.11. The van der Waals surface area contributed by atoms with E-state index in [2.05, 4.69) is 9.64 Å². The number of carbonyl (C=O) groups excluding carboxylic acids is 1. The quantitative estimate of drug-likeness (QED) is 0.848. The summed E-state index contributed by atoms with van der Waals surface area (Å²) in [6, 6.07) is 6.06. The molecule has 1 amide bonds. The molecule has 2 bridgehead atoms. The van der Waals surface area contributed by atoms with Crippen LogP contribution in [-0.2, 0) is 4.74 Å². The Kier molecular flexibility index (Phi) is 4.77. The van der Waals surface area contributed by atoms with Gasteiger partial charge in [0.05, 0.1) is 24.8 Å². The number of para-hydroxylation sites is 1. The first-order valence-electron chi connectivity index (χ1n) is 7.65. The number of hydrogen-bond acceptors (Lipinski definition) is 4. The zero-order chi connectivity index (χ0) is 16.4. The smallest absolute Gasteiger partial charge is 0.387 e. The van der Waals surface area contributed by atoms with Gasteiger partial charge in [-0.1, -0.05) is 12.1 Å². The standard InChI is InChI=1S/C16H20F2N2O3/c1-19-6-11-7-20(12(8-19)10-22-9-11)15(21)13-4-2-3-5-14(13)23-16(17)18/h2-5,11-12,16H,6-10H2,1H3/t11-,12-/m0/s1. The van der Waals surface area contributed by atoms with Crippen molar-refractivity contribution in [3.63, 3.8) is 0 Å². The van der Waals surface area contributed by atoms with Gasteiger partial charge in [0.1, 0.15) is 5.75 Å². The van der Waals surface area contributed by atoms with Gasteiger partial charge in [0.25, 0.3) is 5.91 Å². The van der Waals surface area contributed by atoms with E-state index < -0.39 is 6.61 Å². The first kappa shape index (κ1) is 16.1. The van der Waals surface area contributed by atoms with Crippen molar-refractivity contribution in [2.75, 3.05) is 39.9 Å². The lowest BCUT2D eigenvalue weighted by molar-refractivity contribution is -0.0503. The van der Waals surface area contributed by atoms with Gasteiger partial charge in [-0.3, -0.25) is 4.79 Å². The molecule has 0 unspecified atom stereocenters. The molecule has 2 heterocycles. The van der Waals surface area contributed by atoms with E-state index >= 15 is 0 Å². The average molecular weight is 326 g/mol. The van der Waals surface area contributed by atoms with E-state index in [1.165, 1.54) is 12.1 Å². The highest BCUT2D eigenvalue weighted by molar-refractivity contribution is 5.97. The van der Waals surface area contributed by atoms with Crippen LogP contribution in [0.2, 0.25) is 0 Å². The minimum absolute atomic E-state index is 0.0828. The Bertz CT molecular complexity index is 570. The molecule has 3 rings (SSSR count). The maximum Gasteiger partial charge on any atom is 0.387 e. The Balaban J connectivity index is 1.88. The molecule has 2 atom stereocenters. The topological polar surface area (TPSA) is 42.0 Å². The van der Waals surface area contributed by atoms with Crippen LogP contribution in [0.1, 0.15) is 10.4 Å². The summed E-state index contributed by atoms with van der Waals surface area (Å²) in [6.45, 7) is 0.248. The number of ether oxygens (including phenoxy) is 2. The molecular formula is C16H20F2N2O3. The molecule has 0 saturated carbocycles. The normalized spacial score (nSPS) is 25.3. The lowest BCUT2D eigenvalue weighted by Gasteiger charge is -2.30. The van der Waals surface area contributed by atoms with Gasteiger partial charge < -0.3 is 19.3 Å². The molecule has 23 heavy (non-hydrogen) atoms. The molecule has 0 aromatic heterocycles. The van der Waals surface area contributed by atoms with Gasteiger partial charge in [0, 0.05) is 25.6 Å². The van der Waals surface area contributed by atoms with Gasteiger partial charge >= 0.3 is 6.61 Å². The van der Waals surface area contributed by atoms with Gasteiger partial charge in [-0.15, -0.1) is 0 Å². The molecule has 1 aromatic carbocycles. The Morgan fingerprint density at radius 3 is 2.83 bits per heavy atom. The fraction of sp³-hybridized carbons (Fsp3) is 0.562. The summed E-state index contributed by atoms with van der Waals surface area (Å²) >= 11 is 0. The molecule has 0 aliphatic carbocycles. The van der Waals surface area contributed by atoms with Gasteiger partial charge in [0.2, 0.25) is 0 Å². The summed E-state index contributed by atoms with van der Waals surface area (Å²) in [5.74, 6) is -0.141. The van der Waals surface area contributed by atoms with Crippen molar-refractivity contribution in [2.45, 2.75) is 12.7 Å². The van der Waals surface area contributed by atoms with E-state index in [-0.39, 0.29) is 29.2 Å². The Hall–Kier alpha value is -1.73. The van der Waals surface area contributed by atoms with Crippen molar-refractivity contribution in [1.82, 2.24) is 9.80 Å². The van der Waals surface area contributed by atoms with Crippen LogP contribution in [0.3, 0.4) is 0 Å². The summed E-state index contributed by atoms with van der Waals surface area (Å²) in [6.07, 6.45) is 0. The van der Waals surface area contributed by atoms with Gasteiger partial charge in [-0.25, -0.2) is 0 Å². The average Bonchev–Trinajstić information content (AvgIpc) is 2.76. The first-order valence-corrected chi connectivity index (χ1v) is 7.65. The van der Waals surface area contributed by atoms with E-state index in [0.717, 1.165) is 6.54 Å². The van der Waals surface area contributed by atoms with Crippen LogP contribution in [-0.4, -0.2) is 68.3 Å². The molecular weight excluding hydrogens is 306 g/mol. The highest BCUT2D eigenvalue weighted by Gasteiger charge is 2.36. The van der Waals surface area contributed by atoms with Crippen LogP contribution < -0.4 is 4.74 Å². The van der Waals surface area contributed by atoms with Crippen molar-refractivity contribution >= 4 is 5.91 Å². The number of nitrogens with zero attached hydrogens (tertiary/aromatic N) is 2. The summed E-state index contributed by atoms with van der Waals surface area (Å²) in [5.41, 5.74) is 0.169. The Morgan fingerprint density at radius 1 is 1.26 bits per heavy atom. The molecule has 5 nitrogen and oxygen atoms in total. The highest BCUT2D eigenvalue weighted by atomic mass is 19.3. The molecule has 0 N–H and O–H groups in total. The predicted octanol–water partition coefficient (Wildman–Crippen LogP) is 1.69. The van der Waals surface area contributed by atoms with Crippen LogP contribution in [0.25, 0.3) is 0 Å². The van der Waals surface area contributed by atoms with Gasteiger partial charge in [0.15, 0.2) is 0 Å². The third-order valence-corrected chi connectivity index (χ3v) is 4.25. The number of carbonyl (C=O) groups is 1. The maximum absolute atomic E-state index is 12.9. The Morgan fingerprint density at radius 2 is 2.04 bits per heavy atom. The van der Waals surface area contributed by atoms with Crippen LogP contribution in [0, 0.1) is 5.92 Å². The zero-order valence-electron chi connectivity index (χ0n) is 13.0. The minimum Gasteiger partial charge on any atom is -0.434 e. The molecule has 0 spiro atoms. The monoisotopic (exact) mass is 326 g/mol. The van der Waals surface area contributed by atoms with Gasteiger partial charge in [-0.2, -0.15) is 8.78 Å². The first-order chi connectivity index (χ1) is 11.0. The second kappa shape index (κ2) is 6.80. The molecule has 0 radical (unpaired) electrons. The molecule has 2 fully saturated rings. The fourth-order valence-electron chi connectivity index (χ4n) is 3.32. The molecule has 2 aliphatic heterocycles. The number of halogens is 2. The summed E-state index contributed by atoms with van der Waals surface area (Å²) < 4.78 is 35.3. The lowest BCUT2D eigenvalue weighted by Crippen LogP contribution is -2.46. The third kappa shape index (κ3) is 3.61. The van der Waals surface area contributed by atoms with E-state index in [1.54, 1.807) is 17.0 Å². The SMILES string of the molecule is CN1C[C@@H]2COC[C@H](C1)N(C(=O)c1ccccc1OC(F)F)C2. The number of hydrogen-bond donors (Lipinski definition) is 0. The minimum atomic E-state index is -2.96. The maximum atomic E-state index is 12.9. The van der Waals surface area contributed by atoms with E-state index in [4.69, 9.17) is 4.74 Å². The van der Waals surface area contributed by atoms with Crippen molar-refractivity contribution in [3.05, 3.63) is 29.8 Å². The molecule has 2 saturated heterocycles. The molecule has 2 aliphatic rings. The van der Waals surface area contributed by atoms with Crippen molar-refractivity contribution in [2.24, 2.45) is 5.92 Å². The number of rotatable bonds is 3. The summed E-state index contributed by atoms with van der Waals surface area (Å²) in [7, 11) is 2.02. The largest absolute Gasteiger partial charge is 0.434 e. The second-order valence-corrected chi connectivity index (χ2v) is 6.11. The molecule has 126 valence electrons. The Labute approximate surface area is 133 Å². The van der Waals surface area contributed by atoms with Crippen molar-refractivity contribution < 1.29 is 23.0 Å². The fourth-order valence-corrected chi connectivity index (χ4v) is 3.32. The lowest BCUT2D eigenvalue weighted by atomic mass is 10.1. The van der Waals surface area contributed by atoms with Crippen LogP contribution in [0.4, 0.5) is 8.78 Å². The number of likely N-dealkylation sites (N-methyl/N-ethyl adjacent to an activating group) is 1. The number of alkyl halides is 2. The predicted molar refractivity (Wildman–Crippen MR) is 79.7 cm³/mol. The number of benzene rings is 1. The van der Waals surface area contributed by atoms with Crippen LogP contribution in [0.15, 0.2) is 24.3 Å². The van der Waals surface area contributed by atoms with E-state index in [0.29, 0.717) is 26.3 Å². The van der Waals surface area contributed by atoms with Crippen LogP contribution in [0.5, 0.6) is 5.75 Å². The van der Waals surface area contributed by atoms with E-state index in [9.17, 15) is 13.6 Å². The van der Waals surface area contributed by atoms with E-state index in [1.807, 2.05) is 7.05 Å². The van der Waals surface area contributed by atoms with Crippen LogP contribution >= 0.6 is 0 Å². The molecule has 1 aromatic rings. The number of fused-ring (bicyclic) bond motifs is 3. The zero-order valence-corrected chi connectivity index (χ0v) is 13.0. The third-order valence-electron chi connectivity index (χ3n) is 4.25. The molecule has 7 heteroatoms. The van der Waals surface area contributed by atoms with Crippen molar-refractivity contribution in [1.29, 1.82) is 0 Å². The summed E-state index contributed by atoms with van der Waals surface area (Å²) in [4.78, 5) is 16.9. The van der Waals surface area contributed by atoms with Crippen molar-refractivity contribution in [3.8, 4) is 5.75 Å². The van der Waals surface area contributed by atoms with Gasteiger partial charge in [-0.05, 0) is 19.2 Å². The number of amides is 1. The summed E-state index contributed by atoms with van der Waals surface area (Å²) in [5, 5.41) is 0.